The first-order valence-corrected chi connectivity index (χ1v) is 7.80. The number of nitrogens with two attached hydrogens (primary N) is 1. The van der Waals surface area contributed by atoms with Crippen LogP contribution in [0.3, 0.4) is 0 Å². The largest absolute Gasteiger partial charge is 0.324 e. The number of rotatable bonds is 4. The summed E-state index contributed by atoms with van der Waals surface area (Å²) in [5, 5.41) is 4.18. The van der Waals surface area contributed by atoms with Gasteiger partial charge in [0.1, 0.15) is 0 Å². The molecule has 2 rings (SSSR count). The Kier molecular flexibility index (Phi) is 3.53. The summed E-state index contributed by atoms with van der Waals surface area (Å²) in [7, 11) is -2.80. The third-order valence-corrected chi connectivity index (χ3v) is 5.16. The minimum atomic E-state index is -2.80. The molecule has 17 heavy (non-hydrogen) atoms. The van der Waals surface area contributed by atoms with Crippen LogP contribution in [0.5, 0.6) is 0 Å². The minimum Gasteiger partial charge on any atom is -0.324 e. The maximum absolute atomic E-state index is 11.4. The van der Waals surface area contributed by atoms with Gasteiger partial charge in [-0.25, -0.2) is 8.42 Å². The van der Waals surface area contributed by atoms with Gasteiger partial charge in [0, 0.05) is 24.3 Å². The summed E-state index contributed by atoms with van der Waals surface area (Å²) in [4.78, 5) is 0. The molecule has 0 aromatic carbocycles. The van der Waals surface area contributed by atoms with E-state index >= 15 is 0 Å². The molecule has 1 aromatic heterocycles. The summed E-state index contributed by atoms with van der Waals surface area (Å²) in [6.45, 7) is 2.84. The Labute approximate surface area is 102 Å². The van der Waals surface area contributed by atoms with E-state index in [0.717, 1.165) is 24.9 Å². The second-order valence-electron chi connectivity index (χ2n) is 4.74. The van der Waals surface area contributed by atoms with Crippen LogP contribution in [-0.4, -0.2) is 29.7 Å². The summed E-state index contributed by atoms with van der Waals surface area (Å²) < 4.78 is 24.5. The molecule has 2 N–H and O–H groups in total. The first-order chi connectivity index (χ1) is 8.00. The first kappa shape index (κ1) is 12.6. The Morgan fingerprint density at radius 2 is 2.41 bits per heavy atom. The van der Waals surface area contributed by atoms with Crippen LogP contribution in [0.1, 0.15) is 31.4 Å². The van der Waals surface area contributed by atoms with Gasteiger partial charge in [0.15, 0.2) is 9.84 Å². The zero-order chi connectivity index (χ0) is 12.5. The molecule has 2 heterocycles. The topological polar surface area (TPSA) is 78.0 Å². The molecular formula is C11H19N3O2S. The Bertz CT molecular complexity index is 481. The summed E-state index contributed by atoms with van der Waals surface area (Å²) in [6, 6.07) is -0.103. The number of nitrogens with zero attached hydrogens (tertiary/aromatic N) is 2. The van der Waals surface area contributed by atoms with Gasteiger partial charge >= 0.3 is 0 Å². The molecule has 0 radical (unpaired) electrons. The fourth-order valence-corrected chi connectivity index (χ4v) is 4.18. The van der Waals surface area contributed by atoms with E-state index in [0.29, 0.717) is 11.5 Å². The second-order valence-corrected chi connectivity index (χ2v) is 6.97. The summed E-state index contributed by atoms with van der Waals surface area (Å²) in [6.07, 6.45) is 5.19. The monoisotopic (exact) mass is 257 g/mol. The van der Waals surface area contributed by atoms with Crippen LogP contribution in [-0.2, 0) is 16.4 Å². The van der Waals surface area contributed by atoms with Crippen molar-refractivity contribution in [1.29, 1.82) is 0 Å². The highest BCUT2D eigenvalue weighted by atomic mass is 32.2. The molecule has 2 atom stereocenters. The third-order valence-electron chi connectivity index (χ3n) is 3.32. The van der Waals surface area contributed by atoms with E-state index in [9.17, 15) is 8.42 Å². The number of sulfone groups is 1. The van der Waals surface area contributed by atoms with E-state index in [-0.39, 0.29) is 12.0 Å². The quantitative estimate of drug-likeness (QED) is 0.862. The number of hydrogen-bond acceptors (Lipinski definition) is 4. The van der Waals surface area contributed by atoms with Crippen molar-refractivity contribution in [2.45, 2.75) is 32.4 Å². The van der Waals surface area contributed by atoms with Crippen LogP contribution < -0.4 is 5.73 Å². The fraction of sp³-hybridized carbons (Fsp3) is 0.727. The third kappa shape index (κ3) is 3.07. The van der Waals surface area contributed by atoms with Crippen LogP contribution in [0, 0.1) is 5.92 Å². The molecule has 0 spiro atoms. The Morgan fingerprint density at radius 3 is 2.94 bits per heavy atom. The van der Waals surface area contributed by atoms with E-state index in [1.54, 1.807) is 6.20 Å². The highest BCUT2D eigenvalue weighted by molar-refractivity contribution is 7.91. The van der Waals surface area contributed by atoms with Crippen molar-refractivity contribution in [1.82, 2.24) is 9.78 Å². The molecule has 0 bridgehead atoms. The Morgan fingerprint density at radius 1 is 1.65 bits per heavy atom. The summed E-state index contributed by atoms with van der Waals surface area (Å²) in [5.74, 6) is 0.821. The van der Waals surface area contributed by atoms with Crippen molar-refractivity contribution in [3.63, 3.8) is 0 Å². The number of aromatic nitrogens is 2. The lowest BCUT2D eigenvalue weighted by Crippen LogP contribution is -2.16. The zero-order valence-corrected chi connectivity index (χ0v) is 10.9. The Balaban J connectivity index is 1.95. The van der Waals surface area contributed by atoms with E-state index in [1.165, 1.54) is 0 Å². The molecule has 2 unspecified atom stereocenters. The van der Waals surface area contributed by atoms with Gasteiger partial charge in [-0.05, 0) is 25.7 Å². The minimum absolute atomic E-state index is 0.103. The number of hydrogen-bond donors (Lipinski definition) is 1. The molecule has 1 aliphatic heterocycles. The van der Waals surface area contributed by atoms with Gasteiger partial charge in [0.25, 0.3) is 0 Å². The van der Waals surface area contributed by atoms with Crippen molar-refractivity contribution >= 4 is 9.84 Å². The van der Waals surface area contributed by atoms with Crippen molar-refractivity contribution in [2.75, 3.05) is 11.5 Å². The van der Waals surface area contributed by atoms with Gasteiger partial charge in [-0.15, -0.1) is 0 Å². The van der Waals surface area contributed by atoms with Crippen molar-refractivity contribution in [2.24, 2.45) is 11.7 Å². The molecule has 1 aliphatic rings. The predicted molar refractivity (Wildman–Crippen MR) is 66.2 cm³/mol. The normalized spacial score (nSPS) is 24.9. The molecule has 1 aromatic rings. The van der Waals surface area contributed by atoms with Crippen molar-refractivity contribution in [3.8, 4) is 0 Å². The van der Waals surface area contributed by atoms with Gasteiger partial charge in [0.05, 0.1) is 17.7 Å². The second kappa shape index (κ2) is 4.78. The number of aryl methyl sites for hydroxylation is 1. The highest BCUT2D eigenvalue weighted by Gasteiger charge is 2.29. The molecule has 1 saturated heterocycles. The molecule has 1 fully saturated rings. The maximum Gasteiger partial charge on any atom is 0.150 e. The molecule has 0 amide bonds. The predicted octanol–water partition coefficient (Wildman–Crippen LogP) is 0.728. The lowest BCUT2D eigenvalue weighted by atomic mass is 9.97. The molecule has 0 aliphatic carbocycles. The van der Waals surface area contributed by atoms with Gasteiger partial charge in [-0.1, -0.05) is 0 Å². The van der Waals surface area contributed by atoms with E-state index in [4.69, 9.17) is 5.73 Å². The van der Waals surface area contributed by atoms with Crippen LogP contribution in [0.4, 0.5) is 0 Å². The molecular weight excluding hydrogens is 238 g/mol. The van der Waals surface area contributed by atoms with Crippen molar-refractivity contribution < 1.29 is 8.42 Å². The fourth-order valence-electron chi connectivity index (χ4n) is 2.30. The SMILES string of the molecule is CCn1cc(C(N)CC2CCS(=O)(=O)C2)cn1. The maximum atomic E-state index is 11.4. The van der Waals surface area contributed by atoms with Crippen LogP contribution in [0.15, 0.2) is 12.4 Å². The lowest BCUT2D eigenvalue weighted by Gasteiger charge is -2.13. The van der Waals surface area contributed by atoms with Crippen molar-refractivity contribution in [3.05, 3.63) is 18.0 Å². The molecule has 5 nitrogen and oxygen atoms in total. The first-order valence-electron chi connectivity index (χ1n) is 5.98. The van der Waals surface area contributed by atoms with E-state index in [2.05, 4.69) is 5.10 Å². The highest BCUT2D eigenvalue weighted by Crippen LogP contribution is 2.27. The summed E-state index contributed by atoms with van der Waals surface area (Å²) in [5.41, 5.74) is 7.08. The zero-order valence-electron chi connectivity index (χ0n) is 10.0. The van der Waals surface area contributed by atoms with Gasteiger partial charge < -0.3 is 5.73 Å². The van der Waals surface area contributed by atoms with E-state index in [1.807, 2.05) is 17.8 Å². The molecule has 6 heteroatoms. The summed E-state index contributed by atoms with van der Waals surface area (Å²) >= 11 is 0. The van der Waals surface area contributed by atoms with Gasteiger partial charge in [-0.2, -0.15) is 5.10 Å². The smallest absolute Gasteiger partial charge is 0.150 e. The standard InChI is InChI=1S/C11H19N3O2S/c1-2-14-7-10(6-13-14)11(12)5-9-3-4-17(15,16)8-9/h6-7,9,11H,2-5,8,12H2,1H3. The Hall–Kier alpha value is -0.880. The van der Waals surface area contributed by atoms with Gasteiger partial charge in [0.2, 0.25) is 0 Å². The average Bonchev–Trinajstić information content (AvgIpc) is 2.85. The molecule has 96 valence electrons. The van der Waals surface area contributed by atoms with Crippen LogP contribution in [0.25, 0.3) is 0 Å². The molecule has 0 saturated carbocycles. The van der Waals surface area contributed by atoms with Crippen LogP contribution in [0.2, 0.25) is 0 Å². The van der Waals surface area contributed by atoms with Gasteiger partial charge in [-0.3, -0.25) is 4.68 Å². The lowest BCUT2D eigenvalue weighted by molar-refractivity contribution is 0.481. The average molecular weight is 257 g/mol. The van der Waals surface area contributed by atoms with E-state index < -0.39 is 9.84 Å². The van der Waals surface area contributed by atoms with Crippen LogP contribution >= 0.6 is 0 Å².